The molecule has 0 N–H and O–H groups in total. The van der Waals surface area contributed by atoms with Crippen molar-refractivity contribution >= 4 is 5.91 Å². The van der Waals surface area contributed by atoms with Crippen LogP contribution in [0.2, 0.25) is 0 Å². The van der Waals surface area contributed by atoms with Crippen molar-refractivity contribution in [2.75, 3.05) is 53.1 Å². The molecular formula is C17H24FN3O4. The maximum atomic E-state index is 13.9. The quantitative estimate of drug-likeness (QED) is 0.792. The van der Waals surface area contributed by atoms with Gasteiger partial charge in [-0.25, -0.2) is 4.39 Å². The minimum atomic E-state index is -0.873. The Morgan fingerprint density at radius 2 is 2.20 bits per heavy atom. The van der Waals surface area contributed by atoms with E-state index in [1.165, 1.54) is 13.3 Å². The third kappa shape index (κ3) is 4.52. The normalized spacial score (nSPS) is 25.1. The molecule has 2 saturated heterocycles. The summed E-state index contributed by atoms with van der Waals surface area (Å²) in [6, 6.07) is 1.68. The number of carbonyl (C=O) groups is 1. The molecule has 2 fully saturated rings. The highest BCUT2D eigenvalue weighted by atomic mass is 19.1. The number of nitrogens with zero attached hydrogens (tertiary/aromatic N) is 3. The summed E-state index contributed by atoms with van der Waals surface area (Å²) in [5, 5.41) is 0. The van der Waals surface area contributed by atoms with Crippen molar-refractivity contribution in [1.29, 1.82) is 0 Å². The van der Waals surface area contributed by atoms with E-state index in [9.17, 15) is 9.18 Å². The Kier molecular flexibility index (Phi) is 5.95. The maximum Gasteiger partial charge on any atom is 0.248 e. The van der Waals surface area contributed by atoms with Crippen molar-refractivity contribution in [3.05, 3.63) is 29.8 Å². The number of amides is 1. The van der Waals surface area contributed by atoms with E-state index in [1.54, 1.807) is 17.2 Å². The molecular weight excluding hydrogens is 329 g/mol. The molecule has 138 valence electrons. The predicted octanol–water partition coefficient (Wildman–Crippen LogP) is 0.645. The molecule has 0 radical (unpaired) electrons. The summed E-state index contributed by atoms with van der Waals surface area (Å²) in [7, 11) is 1.50. The van der Waals surface area contributed by atoms with Gasteiger partial charge in [0.2, 0.25) is 5.91 Å². The van der Waals surface area contributed by atoms with Crippen LogP contribution in [0.5, 0.6) is 0 Å². The number of carbonyl (C=O) groups excluding carboxylic acids is 1. The van der Waals surface area contributed by atoms with Gasteiger partial charge in [0.05, 0.1) is 32.5 Å². The Morgan fingerprint density at radius 3 is 3.00 bits per heavy atom. The molecule has 0 aliphatic carbocycles. The van der Waals surface area contributed by atoms with E-state index in [-0.39, 0.29) is 18.3 Å². The third-order valence-corrected chi connectivity index (χ3v) is 4.48. The fourth-order valence-electron chi connectivity index (χ4n) is 3.29. The van der Waals surface area contributed by atoms with Crippen molar-refractivity contribution in [3.63, 3.8) is 0 Å². The average molecular weight is 353 g/mol. The first-order chi connectivity index (χ1) is 12.1. The fraction of sp³-hybridized carbons (Fsp3) is 0.647. The molecule has 1 aromatic rings. The van der Waals surface area contributed by atoms with E-state index in [0.717, 1.165) is 13.0 Å². The van der Waals surface area contributed by atoms with E-state index in [4.69, 9.17) is 14.2 Å². The minimum absolute atomic E-state index is 0.0437. The monoisotopic (exact) mass is 353 g/mol. The first-order valence-electron chi connectivity index (χ1n) is 8.47. The zero-order chi connectivity index (χ0) is 17.7. The van der Waals surface area contributed by atoms with Crippen molar-refractivity contribution in [3.8, 4) is 0 Å². The molecule has 1 amide bonds. The van der Waals surface area contributed by atoms with Crippen LogP contribution >= 0.6 is 0 Å². The van der Waals surface area contributed by atoms with Crippen molar-refractivity contribution < 1.29 is 23.4 Å². The molecule has 3 rings (SSSR count). The van der Waals surface area contributed by atoms with E-state index < -0.39 is 5.79 Å². The number of halogens is 1. The molecule has 1 atom stereocenters. The van der Waals surface area contributed by atoms with Crippen molar-refractivity contribution in [2.45, 2.75) is 18.8 Å². The topological polar surface area (TPSA) is 64.1 Å². The van der Waals surface area contributed by atoms with E-state index in [0.29, 0.717) is 45.0 Å². The third-order valence-electron chi connectivity index (χ3n) is 4.48. The summed E-state index contributed by atoms with van der Waals surface area (Å²) < 4.78 is 30.8. The number of rotatable bonds is 4. The molecule has 8 heteroatoms. The number of ether oxygens (including phenoxy) is 3. The van der Waals surface area contributed by atoms with Gasteiger partial charge in [0.1, 0.15) is 12.4 Å². The van der Waals surface area contributed by atoms with Crippen LogP contribution in [0.15, 0.2) is 18.5 Å². The van der Waals surface area contributed by atoms with Gasteiger partial charge in [0.25, 0.3) is 0 Å². The molecule has 25 heavy (non-hydrogen) atoms. The van der Waals surface area contributed by atoms with Crippen LogP contribution in [0.25, 0.3) is 0 Å². The summed E-state index contributed by atoms with van der Waals surface area (Å²) in [4.78, 5) is 19.8. The lowest BCUT2D eigenvalue weighted by Crippen LogP contribution is -2.59. The first-order valence-corrected chi connectivity index (χ1v) is 8.47. The fourth-order valence-corrected chi connectivity index (χ4v) is 3.29. The van der Waals surface area contributed by atoms with Gasteiger partial charge in [-0.1, -0.05) is 0 Å². The lowest BCUT2D eigenvalue weighted by molar-refractivity contribution is -0.265. The summed E-state index contributed by atoms with van der Waals surface area (Å²) in [5.74, 6) is -1.27. The molecule has 1 unspecified atom stereocenters. The average Bonchev–Trinajstić information content (AvgIpc) is 2.79. The van der Waals surface area contributed by atoms with Gasteiger partial charge in [-0.2, -0.15) is 0 Å². The Hall–Kier alpha value is -1.61. The van der Waals surface area contributed by atoms with E-state index >= 15 is 0 Å². The molecule has 0 bridgehead atoms. The second-order valence-corrected chi connectivity index (χ2v) is 6.39. The summed E-state index contributed by atoms with van der Waals surface area (Å²) >= 11 is 0. The standard InChI is InChI=1S/C17H24FN3O4/c1-23-11-16(22)21-6-8-25-17(13-21)12-20(5-2-7-24-17)10-14-3-4-19-9-15(14)18/h3-4,9H,2,5-8,10-13H2,1H3. The maximum absolute atomic E-state index is 13.9. The van der Waals surface area contributed by atoms with E-state index in [2.05, 4.69) is 9.88 Å². The largest absolute Gasteiger partial charge is 0.375 e. The highest BCUT2D eigenvalue weighted by Gasteiger charge is 2.42. The van der Waals surface area contributed by atoms with Crippen molar-refractivity contribution in [1.82, 2.24) is 14.8 Å². The van der Waals surface area contributed by atoms with E-state index in [1.807, 2.05) is 0 Å². The number of hydrogen-bond donors (Lipinski definition) is 0. The van der Waals surface area contributed by atoms with Crippen LogP contribution in [-0.2, 0) is 25.5 Å². The van der Waals surface area contributed by atoms with Crippen LogP contribution < -0.4 is 0 Å². The lowest BCUT2D eigenvalue weighted by atomic mass is 10.1. The molecule has 1 aromatic heterocycles. The predicted molar refractivity (Wildman–Crippen MR) is 87.2 cm³/mol. The van der Waals surface area contributed by atoms with Crippen molar-refractivity contribution in [2.24, 2.45) is 0 Å². The van der Waals surface area contributed by atoms with Gasteiger partial charge in [-0.3, -0.25) is 14.7 Å². The number of aromatic nitrogens is 1. The Balaban J connectivity index is 1.70. The summed E-state index contributed by atoms with van der Waals surface area (Å²) in [5.41, 5.74) is 0.593. The van der Waals surface area contributed by atoms with Gasteiger partial charge in [-0.15, -0.1) is 0 Å². The molecule has 0 saturated carbocycles. The van der Waals surface area contributed by atoms with Crippen LogP contribution in [0.4, 0.5) is 4.39 Å². The smallest absolute Gasteiger partial charge is 0.248 e. The molecule has 0 aromatic carbocycles. The highest BCUT2D eigenvalue weighted by molar-refractivity contribution is 5.77. The number of morpholine rings is 1. The van der Waals surface area contributed by atoms with Crippen LogP contribution in [0.1, 0.15) is 12.0 Å². The summed E-state index contributed by atoms with van der Waals surface area (Å²) in [6.07, 6.45) is 3.64. The second-order valence-electron chi connectivity index (χ2n) is 6.39. The lowest BCUT2D eigenvalue weighted by Gasteiger charge is -2.43. The first kappa shape index (κ1) is 18.2. The molecule has 7 nitrogen and oxygen atoms in total. The number of hydrogen-bond acceptors (Lipinski definition) is 6. The number of methoxy groups -OCH3 is 1. The van der Waals surface area contributed by atoms with Crippen LogP contribution in [-0.4, -0.2) is 79.6 Å². The Bertz CT molecular complexity index is 603. The second kappa shape index (κ2) is 8.18. The zero-order valence-electron chi connectivity index (χ0n) is 14.4. The van der Waals surface area contributed by atoms with Gasteiger partial charge in [-0.05, 0) is 12.5 Å². The highest BCUT2D eigenvalue weighted by Crippen LogP contribution is 2.25. The van der Waals surface area contributed by atoms with Crippen LogP contribution in [0, 0.1) is 5.82 Å². The molecule has 2 aliphatic rings. The Morgan fingerprint density at radius 1 is 1.36 bits per heavy atom. The Labute approximate surface area is 146 Å². The van der Waals surface area contributed by atoms with Gasteiger partial charge < -0.3 is 19.1 Å². The van der Waals surface area contributed by atoms with Gasteiger partial charge in [0, 0.05) is 38.5 Å². The summed E-state index contributed by atoms with van der Waals surface area (Å²) in [6.45, 7) is 3.58. The minimum Gasteiger partial charge on any atom is -0.375 e. The van der Waals surface area contributed by atoms with Gasteiger partial charge in [0.15, 0.2) is 5.79 Å². The molecule has 2 aliphatic heterocycles. The number of pyridine rings is 1. The SMILES string of the molecule is COCC(=O)N1CCOC2(CN(Cc3ccncc3F)CCCO2)C1. The zero-order valence-corrected chi connectivity index (χ0v) is 14.4. The van der Waals surface area contributed by atoms with Gasteiger partial charge >= 0.3 is 0 Å². The molecule has 3 heterocycles. The van der Waals surface area contributed by atoms with Crippen LogP contribution in [0.3, 0.4) is 0 Å². The molecule has 1 spiro atoms.